The monoisotopic (exact) mass is 483 g/mol. The molecule has 0 aromatic heterocycles. The van der Waals surface area contributed by atoms with Crippen molar-refractivity contribution in [1.82, 2.24) is 0 Å². The molecule has 1 heterocycles. The summed E-state index contributed by atoms with van der Waals surface area (Å²) in [6.45, 7) is 0. The number of nitrogens with zero attached hydrogens (tertiary/aromatic N) is 1. The fourth-order valence-electron chi connectivity index (χ4n) is 3.97. The molecule has 0 fully saturated rings. The molecule has 0 bridgehead atoms. The number of hydrogen-bond acceptors (Lipinski definition) is 5. The number of ketones is 1. The lowest BCUT2D eigenvalue weighted by molar-refractivity contribution is -0.274. The number of alkyl halides is 3. The van der Waals surface area contributed by atoms with Gasteiger partial charge in [0.1, 0.15) is 11.5 Å². The summed E-state index contributed by atoms with van der Waals surface area (Å²) in [6, 6.07) is 18.5. The van der Waals surface area contributed by atoms with Crippen LogP contribution < -0.4 is 9.64 Å². The van der Waals surface area contributed by atoms with Gasteiger partial charge in [0.15, 0.2) is 11.5 Å². The van der Waals surface area contributed by atoms with E-state index in [-0.39, 0.29) is 23.4 Å². The quantitative estimate of drug-likeness (QED) is 0.470. The largest absolute Gasteiger partial charge is 0.573 e. The zero-order valence-corrected chi connectivity index (χ0v) is 18.2. The highest BCUT2D eigenvalue weighted by Gasteiger charge is 2.44. The number of carbonyl (C=O) groups is 2. The highest BCUT2D eigenvalue weighted by Crippen LogP contribution is 2.42. The van der Waals surface area contributed by atoms with Crippen LogP contribution in [-0.4, -0.2) is 28.3 Å². The number of anilines is 1. The van der Waals surface area contributed by atoms with Gasteiger partial charge in [-0.1, -0.05) is 42.5 Å². The number of Topliss-reactive ketones (excluding diaryl/α,β-unsaturated/α-hetero) is 1. The van der Waals surface area contributed by atoms with Crippen LogP contribution >= 0.6 is 0 Å². The lowest BCUT2D eigenvalue weighted by Gasteiger charge is -2.27. The number of ether oxygens (including phenoxy) is 1. The van der Waals surface area contributed by atoms with Gasteiger partial charge in [0, 0.05) is 12.1 Å². The number of amides is 1. The summed E-state index contributed by atoms with van der Waals surface area (Å²) in [7, 11) is 0. The number of halogens is 3. The van der Waals surface area contributed by atoms with E-state index in [9.17, 15) is 33.0 Å². The SMILES string of the molecule is O=C(CCc1ccccc1)C1=C(O)C(=O)N(c2ccc(OC(F)(F)F)cc2)C1c1ccc(O)cc1. The van der Waals surface area contributed by atoms with Crippen LogP contribution in [0.1, 0.15) is 23.6 Å². The summed E-state index contributed by atoms with van der Waals surface area (Å²) >= 11 is 0. The third-order valence-electron chi connectivity index (χ3n) is 5.55. The molecule has 1 aliphatic rings. The molecular formula is C26H20F3NO5. The van der Waals surface area contributed by atoms with Crippen LogP contribution in [0.2, 0.25) is 0 Å². The first-order chi connectivity index (χ1) is 16.6. The van der Waals surface area contributed by atoms with E-state index in [1.165, 1.54) is 36.4 Å². The van der Waals surface area contributed by atoms with Gasteiger partial charge in [0.25, 0.3) is 5.91 Å². The Labute approximate surface area is 198 Å². The molecule has 4 rings (SSSR count). The smallest absolute Gasteiger partial charge is 0.508 e. The van der Waals surface area contributed by atoms with Gasteiger partial charge in [-0.15, -0.1) is 13.2 Å². The predicted octanol–water partition coefficient (Wildman–Crippen LogP) is 5.39. The highest BCUT2D eigenvalue weighted by molar-refractivity contribution is 6.16. The van der Waals surface area contributed by atoms with Crippen LogP contribution in [0.5, 0.6) is 11.5 Å². The number of phenols is 1. The van der Waals surface area contributed by atoms with Gasteiger partial charge >= 0.3 is 6.36 Å². The molecule has 1 amide bonds. The van der Waals surface area contributed by atoms with E-state index in [1.807, 2.05) is 30.3 Å². The van der Waals surface area contributed by atoms with E-state index in [2.05, 4.69) is 4.74 Å². The third kappa shape index (κ3) is 5.29. The molecule has 180 valence electrons. The maximum atomic E-state index is 13.2. The fourth-order valence-corrected chi connectivity index (χ4v) is 3.97. The van der Waals surface area contributed by atoms with Crippen LogP contribution in [0.25, 0.3) is 0 Å². The molecule has 0 saturated heterocycles. The summed E-state index contributed by atoms with van der Waals surface area (Å²) in [5.41, 5.74) is 1.37. The zero-order valence-electron chi connectivity index (χ0n) is 18.2. The average Bonchev–Trinajstić information content (AvgIpc) is 3.09. The molecule has 0 spiro atoms. The third-order valence-corrected chi connectivity index (χ3v) is 5.55. The Hall–Kier alpha value is -4.27. The van der Waals surface area contributed by atoms with Crippen LogP contribution in [0, 0.1) is 0 Å². The summed E-state index contributed by atoms with van der Waals surface area (Å²) in [6.07, 6.45) is -4.47. The number of rotatable bonds is 7. The molecule has 1 atom stereocenters. The Morgan fingerprint density at radius 2 is 1.54 bits per heavy atom. The average molecular weight is 483 g/mol. The Bertz CT molecular complexity index is 1250. The van der Waals surface area contributed by atoms with Crippen LogP contribution in [0.4, 0.5) is 18.9 Å². The second-order valence-electron chi connectivity index (χ2n) is 7.88. The molecule has 0 radical (unpaired) electrons. The van der Waals surface area contributed by atoms with E-state index in [0.29, 0.717) is 12.0 Å². The molecule has 0 aliphatic carbocycles. The summed E-state index contributed by atoms with van der Waals surface area (Å²) < 4.78 is 41.4. The van der Waals surface area contributed by atoms with Crippen molar-refractivity contribution in [3.63, 3.8) is 0 Å². The van der Waals surface area contributed by atoms with Gasteiger partial charge in [0.2, 0.25) is 0 Å². The van der Waals surface area contributed by atoms with Crippen LogP contribution in [0.15, 0.2) is 90.2 Å². The first-order valence-electron chi connectivity index (χ1n) is 10.6. The van der Waals surface area contributed by atoms with Gasteiger partial charge in [-0.05, 0) is 53.9 Å². The Morgan fingerprint density at radius 3 is 2.14 bits per heavy atom. The molecule has 1 aliphatic heterocycles. The lowest BCUT2D eigenvalue weighted by Crippen LogP contribution is -2.31. The van der Waals surface area contributed by atoms with Crippen molar-refractivity contribution in [1.29, 1.82) is 0 Å². The summed E-state index contributed by atoms with van der Waals surface area (Å²) in [4.78, 5) is 27.4. The Morgan fingerprint density at radius 1 is 0.914 bits per heavy atom. The zero-order chi connectivity index (χ0) is 25.2. The molecule has 0 saturated carbocycles. The number of aliphatic hydroxyl groups is 1. The van der Waals surface area contributed by atoms with Crippen LogP contribution in [-0.2, 0) is 16.0 Å². The standard InChI is InChI=1S/C26H20F3NO5/c27-26(28,29)35-20-13-9-18(10-14-20)30-23(17-7-11-19(31)12-8-17)22(24(33)25(30)34)21(32)15-6-16-4-2-1-3-5-16/h1-5,7-14,23,31,33H,6,15H2. The molecule has 3 aromatic rings. The first kappa shape index (κ1) is 23.9. The van der Waals surface area contributed by atoms with Crippen molar-refractivity contribution in [3.05, 3.63) is 101 Å². The summed E-state index contributed by atoms with van der Waals surface area (Å²) in [5, 5.41) is 20.4. The van der Waals surface area contributed by atoms with E-state index in [1.54, 1.807) is 0 Å². The number of hydrogen-bond donors (Lipinski definition) is 2. The number of aliphatic hydroxyl groups excluding tert-OH is 1. The molecule has 9 heteroatoms. The predicted molar refractivity (Wildman–Crippen MR) is 121 cm³/mol. The molecule has 2 N–H and O–H groups in total. The van der Waals surface area contributed by atoms with E-state index >= 15 is 0 Å². The number of aryl methyl sites for hydroxylation is 1. The van der Waals surface area contributed by atoms with E-state index < -0.39 is 35.6 Å². The van der Waals surface area contributed by atoms with Gasteiger partial charge in [-0.2, -0.15) is 0 Å². The molecule has 3 aromatic carbocycles. The maximum absolute atomic E-state index is 13.2. The van der Waals surface area contributed by atoms with Crippen molar-refractivity contribution in [2.45, 2.75) is 25.2 Å². The van der Waals surface area contributed by atoms with Crippen molar-refractivity contribution in [3.8, 4) is 11.5 Å². The Kier molecular flexibility index (Phi) is 6.50. The van der Waals surface area contributed by atoms with Gasteiger partial charge in [-0.25, -0.2) is 0 Å². The minimum Gasteiger partial charge on any atom is -0.508 e. The summed E-state index contributed by atoms with van der Waals surface area (Å²) in [5.74, 6) is -2.56. The number of phenolic OH excluding ortho intramolecular Hbond substituents is 1. The highest BCUT2D eigenvalue weighted by atomic mass is 19.4. The van der Waals surface area contributed by atoms with Crippen molar-refractivity contribution < 1.29 is 37.7 Å². The van der Waals surface area contributed by atoms with Gasteiger partial charge in [-0.3, -0.25) is 14.5 Å². The number of aromatic hydroxyl groups is 1. The normalized spacial score (nSPS) is 16.0. The first-order valence-corrected chi connectivity index (χ1v) is 10.6. The maximum Gasteiger partial charge on any atom is 0.573 e. The molecule has 6 nitrogen and oxygen atoms in total. The van der Waals surface area contributed by atoms with Crippen molar-refractivity contribution in [2.24, 2.45) is 0 Å². The molecular weight excluding hydrogens is 463 g/mol. The fraction of sp³-hybridized carbons (Fsp3) is 0.154. The van der Waals surface area contributed by atoms with Crippen molar-refractivity contribution >= 4 is 17.4 Å². The van der Waals surface area contributed by atoms with Gasteiger partial charge in [0.05, 0.1) is 11.6 Å². The van der Waals surface area contributed by atoms with E-state index in [4.69, 9.17) is 0 Å². The molecule has 35 heavy (non-hydrogen) atoms. The topological polar surface area (TPSA) is 87.1 Å². The van der Waals surface area contributed by atoms with Crippen LogP contribution in [0.3, 0.4) is 0 Å². The van der Waals surface area contributed by atoms with Gasteiger partial charge < -0.3 is 14.9 Å². The Balaban J connectivity index is 1.68. The van der Waals surface area contributed by atoms with E-state index in [0.717, 1.165) is 22.6 Å². The minimum absolute atomic E-state index is 0.0253. The minimum atomic E-state index is -4.88. The second-order valence-corrected chi connectivity index (χ2v) is 7.88. The number of carbonyl (C=O) groups excluding carboxylic acids is 2. The number of benzene rings is 3. The van der Waals surface area contributed by atoms with Crippen molar-refractivity contribution in [2.75, 3.05) is 4.90 Å². The lowest BCUT2D eigenvalue weighted by atomic mass is 9.93. The molecule has 1 unspecified atom stereocenters. The second kappa shape index (κ2) is 9.54.